The third-order valence-electron chi connectivity index (χ3n) is 15.6. The van der Waals surface area contributed by atoms with E-state index in [-0.39, 0.29) is 21.7 Å². The topological polar surface area (TPSA) is 15.3 Å². The Kier molecular flexibility index (Phi) is 11.0. The molecule has 0 spiro atoms. The van der Waals surface area contributed by atoms with E-state index in [1.165, 1.54) is 105 Å². The maximum atomic E-state index is 4.67. The zero-order valence-corrected chi connectivity index (χ0v) is 42.5. The fourth-order valence-electron chi connectivity index (χ4n) is 11.1. The van der Waals surface area contributed by atoms with Crippen LogP contribution in [0.25, 0.3) is 22.3 Å². The molecule has 0 bridgehead atoms. The van der Waals surface area contributed by atoms with Gasteiger partial charge in [0.15, 0.2) is 7.28 Å². The lowest BCUT2D eigenvalue weighted by atomic mass is 9.57. The predicted molar refractivity (Wildman–Crippen MR) is 289 cm³/mol. The van der Waals surface area contributed by atoms with Crippen LogP contribution in [-0.2, 0) is 21.7 Å². The first kappa shape index (κ1) is 44.7. The van der Waals surface area contributed by atoms with Gasteiger partial charge in [-0.25, -0.2) is 0 Å². The van der Waals surface area contributed by atoms with Crippen molar-refractivity contribution in [3.05, 3.63) is 166 Å². The molecular formula is C61H64BN2S2. The van der Waals surface area contributed by atoms with Crippen molar-refractivity contribution in [3.8, 4) is 22.3 Å². The summed E-state index contributed by atoms with van der Waals surface area (Å²) in [7, 11) is 2.49. The summed E-state index contributed by atoms with van der Waals surface area (Å²) in [5, 5.41) is 3.99. The van der Waals surface area contributed by atoms with Gasteiger partial charge in [0, 0.05) is 48.7 Å². The number of aryl methyl sites for hydroxylation is 3. The van der Waals surface area contributed by atoms with Crippen LogP contribution in [0.5, 0.6) is 0 Å². The third-order valence-corrected chi connectivity index (χ3v) is 17.0. The maximum Gasteiger partial charge on any atom is 0.197 e. The van der Waals surface area contributed by atoms with Crippen LogP contribution in [0.2, 0.25) is 0 Å². The molecule has 10 rings (SSSR count). The summed E-state index contributed by atoms with van der Waals surface area (Å²) in [5.74, 6) is 0. The number of thiol groups is 1. The van der Waals surface area contributed by atoms with Gasteiger partial charge in [0.05, 0.1) is 0 Å². The van der Waals surface area contributed by atoms with E-state index in [2.05, 4.69) is 234 Å². The van der Waals surface area contributed by atoms with Gasteiger partial charge in [-0.05, 0) is 202 Å². The lowest BCUT2D eigenvalue weighted by Gasteiger charge is -2.44. The molecule has 0 atom stereocenters. The second-order valence-corrected chi connectivity index (χ2v) is 23.8. The summed E-state index contributed by atoms with van der Waals surface area (Å²) in [6.45, 7) is 26.3. The molecule has 66 heavy (non-hydrogen) atoms. The second kappa shape index (κ2) is 16.3. The van der Waals surface area contributed by atoms with E-state index in [1.54, 1.807) is 0 Å². The normalized spacial score (nSPS) is 17.2. The van der Waals surface area contributed by atoms with Crippen LogP contribution < -0.4 is 21.1 Å². The number of fused-ring (bicyclic) bond motifs is 4. The number of rotatable bonds is 7. The summed E-state index contributed by atoms with van der Waals surface area (Å²) in [5.41, 5.74) is 23.1. The average Bonchev–Trinajstić information content (AvgIpc) is 3.27. The minimum Gasteiger partial charge on any atom is -0.355 e. The van der Waals surface area contributed by atoms with Crippen molar-refractivity contribution in [1.29, 1.82) is 0 Å². The van der Waals surface area contributed by atoms with Crippen molar-refractivity contribution in [2.75, 3.05) is 10.2 Å². The van der Waals surface area contributed by atoms with Crippen LogP contribution in [0, 0.1) is 20.8 Å². The summed E-state index contributed by atoms with van der Waals surface area (Å²) in [6.07, 6.45) is 4.64. The van der Waals surface area contributed by atoms with Crippen LogP contribution in [0.4, 0.5) is 28.4 Å². The first-order valence-electron chi connectivity index (χ1n) is 24.0. The van der Waals surface area contributed by atoms with Crippen LogP contribution in [0.1, 0.15) is 120 Å². The largest absolute Gasteiger partial charge is 0.355 e. The molecule has 3 aliphatic rings. The lowest BCUT2D eigenvalue weighted by Crippen LogP contribution is -2.42. The van der Waals surface area contributed by atoms with Gasteiger partial charge in [0.1, 0.15) is 0 Å². The fraction of sp³-hybridized carbons (Fsp3) is 0.311. The molecule has 0 saturated carbocycles. The Morgan fingerprint density at radius 1 is 0.515 bits per heavy atom. The van der Waals surface area contributed by atoms with Gasteiger partial charge in [-0.2, -0.15) is 0 Å². The molecule has 333 valence electrons. The van der Waals surface area contributed by atoms with E-state index in [0.717, 1.165) is 35.5 Å². The minimum absolute atomic E-state index is 0.0182. The Hall–Kier alpha value is -5.10. The summed E-state index contributed by atoms with van der Waals surface area (Å²) in [4.78, 5) is 6.09. The van der Waals surface area contributed by atoms with E-state index in [1.807, 2.05) is 11.8 Å². The SMILES string of the molecule is Cc1ccccc1Sc1ccc2c(c1)[B]c1c(-c3cc4c(cc3Nc3ccc(S)cc3)C(C)(C)CCC4(C)C)cc(-c3ccccc3C)cc1N2c1cc2c(cc1C)C(C)(C)CCC2(C)C. The van der Waals surface area contributed by atoms with E-state index in [0.29, 0.717) is 0 Å². The highest BCUT2D eigenvalue weighted by molar-refractivity contribution is 7.99. The van der Waals surface area contributed by atoms with E-state index < -0.39 is 0 Å². The molecule has 7 aromatic carbocycles. The first-order valence-corrected chi connectivity index (χ1v) is 25.2. The average molecular weight is 900 g/mol. The van der Waals surface area contributed by atoms with Crippen molar-refractivity contribution in [3.63, 3.8) is 0 Å². The van der Waals surface area contributed by atoms with Crippen LogP contribution in [-0.4, -0.2) is 7.28 Å². The molecule has 0 unspecified atom stereocenters. The fourth-order valence-corrected chi connectivity index (χ4v) is 12.2. The van der Waals surface area contributed by atoms with E-state index in [9.17, 15) is 0 Å². The van der Waals surface area contributed by atoms with Gasteiger partial charge in [0.2, 0.25) is 0 Å². The lowest BCUT2D eigenvalue weighted by molar-refractivity contribution is 0.332. The Bertz CT molecular complexity index is 3060. The number of nitrogens with one attached hydrogen (secondary N) is 1. The highest BCUT2D eigenvalue weighted by Crippen LogP contribution is 2.52. The first-order chi connectivity index (χ1) is 31.3. The second-order valence-electron chi connectivity index (χ2n) is 22.2. The van der Waals surface area contributed by atoms with Gasteiger partial charge >= 0.3 is 0 Å². The molecule has 7 aromatic rings. The highest BCUT2D eigenvalue weighted by Gasteiger charge is 2.41. The molecule has 1 N–H and O–H groups in total. The molecule has 1 aliphatic heterocycles. The Morgan fingerprint density at radius 2 is 1.11 bits per heavy atom. The standard InChI is InChI=1S/C61H64BN2S2/c1-37-16-12-14-18-44(37)40-31-46(45-34-48-49(60(8,9)28-27-59(48,6)7)35-52(45)63-41-20-22-42(65)23-21-41)57-55(32-40)64(54-36-50-47(30-39(54)3)58(4,5)26-29-61(50,10)11)53-25-24-43(33-51(53)62-57)66-56-19-15-13-17-38(56)2/h12-25,30-36,63,65H,26-29H2,1-11H3. The van der Waals surface area contributed by atoms with Crippen molar-refractivity contribution in [1.82, 2.24) is 0 Å². The van der Waals surface area contributed by atoms with E-state index >= 15 is 0 Å². The Balaban J connectivity index is 1.29. The molecule has 0 saturated heterocycles. The van der Waals surface area contributed by atoms with Gasteiger partial charge in [0.25, 0.3) is 0 Å². The molecular weight excluding hydrogens is 836 g/mol. The molecule has 2 aliphatic carbocycles. The minimum atomic E-state index is 0.0182. The number of benzene rings is 7. The molecule has 2 nitrogen and oxygen atoms in total. The highest BCUT2D eigenvalue weighted by atomic mass is 32.2. The Morgan fingerprint density at radius 3 is 1.76 bits per heavy atom. The molecule has 0 fully saturated rings. The molecule has 1 radical (unpaired) electrons. The molecule has 1 heterocycles. The van der Waals surface area contributed by atoms with Crippen molar-refractivity contribution in [2.24, 2.45) is 0 Å². The van der Waals surface area contributed by atoms with Gasteiger partial charge < -0.3 is 10.2 Å². The van der Waals surface area contributed by atoms with Crippen molar-refractivity contribution >= 4 is 71.0 Å². The summed E-state index contributed by atoms with van der Waals surface area (Å²) >= 11 is 6.52. The number of anilines is 5. The molecule has 0 amide bonds. The van der Waals surface area contributed by atoms with Crippen molar-refractivity contribution < 1.29 is 0 Å². The number of nitrogens with zero attached hydrogens (tertiary/aromatic N) is 1. The monoisotopic (exact) mass is 899 g/mol. The third kappa shape index (κ3) is 7.92. The van der Waals surface area contributed by atoms with E-state index in [4.69, 9.17) is 0 Å². The maximum absolute atomic E-state index is 4.67. The molecule has 5 heteroatoms. The van der Waals surface area contributed by atoms with Gasteiger partial charge in [-0.15, -0.1) is 12.6 Å². The van der Waals surface area contributed by atoms with Crippen LogP contribution in [0.3, 0.4) is 0 Å². The van der Waals surface area contributed by atoms with Crippen LogP contribution in [0.15, 0.2) is 142 Å². The molecule has 0 aromatic heterocycles. The zero-order chi connectivity index (χ0) is 46.5. The van der Waals surface area contributed by atoms with Crippen LogP contribution >= 0.6 is 24.4 Å². The van der Waals surface area contributed by atoms with Gasteiger partial charge in [-0.1, -0.05) is 127 Å². The number of hydrogen-bond acceptors (Lipinski definition) is 4. The zero-order valence-electron chi connectivity index (χ0n) is 40.8. The predicted octanol–water partition coefficient (Wildman–Crippen LogP) is 16.3. The van der Waals surface area contributed by atoms with Gasteiger partial charge in [-0.3, -0.25) is 0 Å². The summed E-state index contributed by atoms with van der Waals surface area (Å²) < 4.78 is 0. The quantitative estimate of drug-likeness (QED) is 0.122. The smallest absolute Gasteiger partial charge is 0.197 e. The summed E-state index contributed by atoms with van der Waals surface area (Å²) in [6, 6.07) is 48.4. The number of hydrogen-bond donors (Lipinski definition) is 2. The van der Waals surface area contributed by atoms with Crippen molar-refractivity contribution in [2.45, 2.75) is 138 Å². The Labute approximate surface area is 405 Å².